The summed E-state index contributed by atoms with van der Waals surface area (Å²) in [4.78, 5) is 39.1. The minimum absolute atomic E-state index is 0.0619. The van der Waals surface area contributed by atoms with Crippen molar-refractivity contribution in [2.45, 2.75) is 33.4 Å². The maximum atomic E-state index is 12.7. The molecule has 3 aromatic rings. The number of rotatable bonds is 7. The lowest BCUT2D eigenvalue weighted by Gasteiger charge is -2.24. The molecule has 1 amide bonds. The molecule has 0 fully saturated rings. The Bertz CT molecular complexity index is 1120. The van der Waals surface area contributed by atoms with Gasteiger partial charge in [-0.3, -0.25) is 14.4 Å². The van der Waals surface area contributed by atoms with E-state index in [1.807, 2.05) is 30.3 Å². The number of aryl methyl sites for hydroxylation is 1. The lowest BCUT2D eigenvalue weighted by Crippen LogP contribution is -2.39. The van der Waals surface area contributed by atoms with Crippen molar-refractivity contribution in [1.29, 1.82) is 0 Å². The largest absolute Gasteiger partial charge is 0.380 e. The van der Waals surface area contributed by atoms with Crippen molar-refractivity contribution >= 4 is 22.6 Å². The molecule has 1 unspecified atom stereocenters. The lowest BCUT2D eigenvalue weighted by atomic mass is 10.0. The number of nitrogens with one attached hydrogen (secondary N) is 3. The summed E-state index contributed by atoms with van der Waals surface area (Å²) in [5, 5.41) is 6.40. The summed E-state index contributed by atoms with van der Waals surface area (Å²) in [6.45, 7) is 6.82. The number of hydrogen-bond acceptors (Lipinski definition) is 4. The summed E-state index contributed by atoms with van der Waals surface area (Å²) in [5.41, 5.74) is 1.21. The van der Waals surface area contributed by atoms with Crippen LogP contribution in [0.1, 0.15) is 31.1 Å². The van der Waals surface area contributed by atoms with Crippen molar-refractivity contribution in [1.82, 2.24) is 14.9 Å². The van der Waals surface area contributed by atoms with Gasteiger partial charge in [0.15, 0.2) is 0 Å². The van der Waals surface area contributed by atoms with Gasteiger partial charge in [0.2, 0.25) is 0 Å². The first-order chi connectivity index (χ1) is 13.9. The number of H-pyrrole nitrogens is 1. The van der Waals surface area contributed by atoms with Gasteiger partial charge in [-0.2, -0.15) is 0 Å². The minimum atomic E-state index is -0.691. The van der Waals surface area contributed by atoms with E-state index < -0.39 is 11.1 Å². The number of amides is 1. The van der Waals surface area contributed by atoms with Gasteiger partial charge in [-0.05, 0) is 43.2 Å². The lowest BCUT2D eigenvalue weighted by molar-refractivity contribution is 0.0950. The normalized spacial score (nSPS) is 12.1. The van der Waals surface area contributed by atoms with Crippen LogP contribution in [0.5, 0.6) is 0 Å². The first kappa shape index (κ1) is 20.4. The van der Waals surface area contributed by atoms with Crippen LogP contribution in [0.25, 0.3) is 11.0 Å². The van der Waals surface area contributed by atoms with Gasteiger partial charge in [0, 0.05) is 30.4 Å². The molecule has 3 N–H and O–H groups in total. The molecule has 0 aliphatic rings. The second kappa shape index (κ2) is 8.77. The Morgan fingerprint density at radius 1 is 1.10 bits per heavy atom. The molecule has 0 aliphatic heterocycles. The predicted octanol–water partition coefficient (Wildman–Crippen LogP) is 2.58. The van der Waals surface area contributed by atoms with Gasteiger partial charge >= 0.3 is 11.1 Å². The number of fused-ring (bicyclic) bond motifs is 1. The van der Waals surface area contributed by atoms with Gasteiger partial charge in [0.05, 0.1) is 11.0 Å². The summed E-state index contributed by atoms with van der Waals surface area (Å²) in [7, 11) is 0. The fourth-order valence-electron chi connectivity index (χ4n) is 3.24. The molecule has 1 aromatic heterocycles. The summed E-state index contributed by atoms with van der Waals surface area (Å²) in [5.74, 6) is 0.0740. The van der Waals surface area contributed by atoms with Gasteiger partial charge in [-0.1, -0.05) is 32.0 Å². The molecular weight excluding hydrogens is 368 g/mol. The summed E-state index contributed by atoms with van der Waals surface area (Å²) in [6.07, 6.45) is 0. The fraction of sp³-hybridized carbons (Fsp3) is 0.318. The van der Waals surface area contributed by atoms with Gasteiger partial charge < -0.3 is 20.2 Å². The molecule has 0 saturated carbocycles. The first-order valence-corrected chi connectivity index (χ1v) is 9.77. The second-order valence-electron chi connectivity index (χ2n) is 7.31. The molecule has 2 aromatic carbocycles. The van der Waals surface area contributed by atoms with E-state index in [2.05, 4.69) is 29.5 Å². The molecule has 0 radical (unpaired) electrons. The molecule has 7 heteroatoms. The third-order valence-electron chi connectivity index (χ3n) is 4.97. The monoisotopic (exact) mass is 394 g/mol. The van der Waals surface area contributed by atoms with E-state index in [9.17, 15) is 14.4 Å². The Balaban J connectivity index is 1.77. The molecule has 1 heterocycles. The third-order valence-corrected chi connectivity index (χ3v) is 4.97. The standard InChI is InChI=1S/C22H26N4O3/c1-4-26-19-11-10-15(12-17(19)25-21(28)22(26)29)20(27)23-13-18(14(2)3)24-16-8-6-5-7-9-16/h5-12,14,18,24H,4,13H2,1-3H3,(H,23,27)(H,25,28). The van der Waals surface area contributed by atoms with Crippen LogP contribution in [0.15, 0.2) is 58.1 Å². The molecule has 7 nitrogen and oxygen atoms in total. The van der Waals surface area contributed by atoms with Crippen molar-refractivity contribution in [2.75, 3.05) is 11.9 Å². The van der Waals surface area contributed by atoms with Gasteiger partial charge in [0.1, 0.15) is 0 Å². The second-order valence-corrected chi connectivity index (χ2v) is 7.31. The van der Waals surface area contributed by atoms with E-state index in [-0.39, 0.29) is 11.9 Å². The Morgan fingerprint density at radius 2 is 1.83 bits per heavy atom. The van der Waals surface area contributed by atoms with Crippen LogP contribution in [0.3, 0.4) is 0 Å². The highest BCUT2D eigenvalue weighted by atomic mass is 16.2. The third kappa shape index (κ3) is 4.56. The Labute approximate surface area is 168 Å². The number of para-hydroxylation sites is 1. The molecule has 0 spiro atoms. The van der Waals surface area contributed by atoms with Crippen molar-refractivity contribution < 1.29 is 4.79 Å². The van der Waals surface area contributed by atoms with E-state index >= 15 is 0 Å². The molecule has 1 atom stereocenters. The minimum Gasteiger partial charge on any atom is -0.380 e. The maximum absolute atomic E-state index is 12.7. The van der Waals surface area contributed by atoms with Gasteiger partial charge in [-0.15, -0.1) is 0 Å². The molecule has 29 heavy (non-hydrogen) atoms. The first-order valence-electron chi connectivity index (χ1n) is 9.77. The zero-order valence-corrected chi connectivity index (χ0v) is 16.9. The van der Waals surface area contributed by atoms with E-state index in [0.29, 0.717) is 35.6 Å². The topological polar surface area (TPSA) is 96.0 Å². The smallest absolute Gasteiger partial charge is 0.316 e. The number of nitrogens with zero attached hydrogens (tertiary/aromatic N) is 1. The van der Waals surface area contributed by atoms with Crippen molar-refractivity contribution in [3.63, 3.8) is 0 Å². The van der Waals surface area contributed by atoms with Crippen molar-refractivity contribution in [3.8, 4) is 0 Å². The predicted molar refractivity (Wildman–Crippen MR) is 116 cm³/mol. The van der Waals surface area contributed by atoms with Crippen LogP contribution in [-0.4, -0.2) is 28.0 Å². The zero-order valence-electron chi connectivity index (χ0n) is 16.9. The number of aromatic amines is 1. The summed E-state index contributed by atoms with van der Waals surface area (Å²) >= 11 is 0. The van der Waals surface area contributed by atoms with Crippen LogP contribution < -0.4 is 21.8 Å². The van der Waals surface area contributed by atoms with E-state index in [1.165, 1.54) is 4.57 Å². The SMILES string of the molecule is CCn1c(=O)c(=O)[nH]c2cc(C(=O)NCC(Nc3ccccc3)C(C)C)ccc21. The Hall–Kier alpha value is -3.35. The highest BCUT2D eigenvalue weighted by Crippen LogP contribution is 2.14. The van der Waals surface area contributed by atoms with Crippen LogP contribution in [-0.2, 0) is 6.54 Å². The molecule has 0 aliphatic carbocycles. The van der Waals surface area contributed by atoms with Crippen LogP contribution in [0, 0.1) is 5.92 Å². The number of carbonyl (C=O) groups is 1. The number of hydrogen-bond donors (Lipinski definition) is 3. The van der Waals surface area contributed by atoms with Crippen molar-refractivity contribution in [3.05, 3.63) is 74.8 Å². The number of anilines is 1. The van der Waals surface area contributed by atoms with Crippen LogP contribution >= 0.6 is 0 Å². The summed E-state index contributed by atoms with van der Waals surface area (Å²) < 4.78 is 1.40. The van der Waals surface area contributed by atoms with Gasteiger partial charge in [0.25, 0.3) is 5.91 Å². The van der Waals surface area contributed by atoms with E-state index in [0.717, 1.165) is 5.69 Å². The van der Waals surface area contributed by atoms with E-state index in [1.54, 1.807) is 25.1 Å². The number of aromatic nitrogens is 2. The average Bonchev–Trinajstić information content (AvgIpc) is 2.72. The highest BCUT2D eigenvalue weighted by molar-refractivity contribution is 5.97. The molecular formula is C22H26N4O3. The van der Waals surface area contributed by atoms with Crippen LogP contribution in [0.2, 0.25) is 0 Å². The van der Waals surface area contributed by atoms with Crippen molar-refractivity contribution in [2.24, 2.45) is 5.92 Å². The van der Waals surface area contributed by atoms with E-state index in [4.69, 9.17) is 0 Å². The fourth-order valence-corrected chi connectivity index (χ4v) is 3.24. The molecule has 152 valence electrons. The Kier molecular flexibility index (Phi) is 6.16. The highest BCUT2D eigenvalue weighted by Gasteiger charge is 2.16. The quantitative estimate of drug-likeness (QED) is 0.537. The summed E-state index contributed by atoms with van der Waals surface area (Å²) in [6, 6.07) is 14.9. The van der Waals surface area contributed by atoms with Crippen LogP contribution in [0.4, 0.5) is 5.69 Å². The van der Waals surface area contributed by atoms with Gasteiger partial charge in [-0.25, -0.2) is 0 Å². The maximum Gasteiger partial charge on any atom is 0.316 e. The number of benzene rings is 2. The average molecular weight is 394 g/mol. The molecule has 0 saturated heterocycles. The molecule has 0 bridgehead atoms. The number of carbonyl (C=O) groups excluding carboxylic acids is 1. The Morgan fingerprint density at radius 3 is 2.48 bits per heavy atom. The molecule has 3 rings (SSSR count). The zero-order chi connectivity index (χ0) is 21.0.